The molecule has 0 aliphatic heterocycles. The van der Waals surface area contributed by atoms with E-state index in [1.54, 1.807) is 7.11 Å². The number of amides is 1. The maximum Gasteiger partial charge on any atom is 0.246 e. The third-order valence-corrected chi connectivity index (χ3v) is 2.10. The van der Waals surface area contributed by atoms with E-state index in [0.29, 0.717) is 19.7 Å². The highest BCUT2D eigenvalue weighted by Gasteiger charge is 2.15. The maximum absolute atomic E-state index is 11.1. The first-order valence-corrected chi connectivity index (χ1v) is 5.11. The van der Waals surface area contributed by atoms with E-state index in [1.807, 2.05) is 13.8 Å². The van der Waals surface area contributed by atoms with Gasteiger partial charge in [0.05, 0.1) is 5.60 Å². The van der Waals surface area contributed by atoms with Crippen LogP contribution in [-0.4, -0.2) is 44.9 Å². The van der Waals surface area contributed by atoms with Gasteiger partial charge in [0.25, 0.3) is 0 Å². The van der Waals surface area contributed by atoms with E-state index >= 15 is 0 Å². The van der Waals surface area contributed by atoms with Gasteiger partial charge < -0.3 is 20.5 Å². The van der Waals surface area contributed by atoms with Gasteiger partial charge in [-0.1, -0.05) is 0 Å². The molecule has 0 saturated carbocycles. The second-order valence-corrected chi connectivity index (χ2v) is 3.91. The van der Waals surface area contributed by atoms with E-state index in [-0.39, 0.29) is 18.1 Å². The van der Waals surface area contributed by atoms with E-state index in [4.69, 9.17) is 15.2 Å². The molecule has 0 saturated heterocycles. The number of hydrogen-bond acceptors (Lipinski definition) is 4. The molecule has 0 heterocycles. The Bertz CT molecular complexity index is 184. The first-order valence-electron chi connectivity index (χ1n) is 5.11. The first-order chi connectivity index (χ1) is 7.02. The highest BCUT2D eigenvalue weighted by molar-refractivity contribution is 5.77. The fraction of sp³-hybridized carbons (Fsp3) is 0.900. The highest BCUT2D eigenvalue weighted by Crippen LogP contribution is 2.12. The zero-order valence-electron chi connectivity index (χ0n) is 9.84. The van der Waals surface area contributed by atoms with Crippen molar-refractivity contribution in [3.05, 3.63) is 0 Å². The van der Waals surface area contributed by atoms with Crippen molar-refractivity contribution in [1.82, 2.24) is 5.32 Å². The largest absolute Gasteiger partial charge is 0.379 e. The van der Waals surface area contributed by atoms with Gasteiger partial charge in [-0.2, -0.15) is 0 Å². The molecule has 0 rings (SSSR count). The number of carbonyl (C=O) groups excluding carboxylic acids is 1. The molecular formula is C10H22N2O3. The molecule has 15 heavy (non-hydrogen) atoms. The van der Waals surface area contributed by atoms with Gasteiger partial charge >= 0.3 is 0 Å². The van der Waals surface area contributed by atoms with E-state index in [2.05, 4.69) is 5.32 Å². The summed E-state index contributed by atoms with van der Waals surface area (Å²) in [6.45, 7) is 5.49. The minimum atomic E-state index is -0.201. The van der Waals surface area contributed by atoms with Crippen LogP contribution < -0.4 is 11.1 Å². The highest BCUT2D eigenvalue weighted by atomic mass is 16.5. The predicted octanol–water partition coefficient (Wildman–Crippen LogP) is -0.107. The minimum absolute atomic E-state index is 0.0831. The molecule has 90 valence electrons. The number of rotatable bonds is 8. The summed E-state index contributed by atoms with van der Waals surface area (Å²) in [5, 5.41) is 2.62. The number of nitrogens with one attached hydrogen (secondary N) is 1. The number of carbonyl (C=O) groups is 1. The van der Waals surface area contributed by atoms with Crippen LogP contribution in [0.1, 0.15) is 20.3 Å². The average molecular weight is 218 g/mol. The summed E-state index contributed by atoms with van der Waals surface area (Å²) in [6, 6.07) is 0. The molecule has 0 radical (unpaired) electrons. The van der Waals surface area contributed by atoms with Crippen molar-refractivity contribution in [3.63, 3.8) is 0 Å². The monoisotopic (exact) mass is 218 g/mol. The van der Waals surface area contributed by atoms with Crippen molar-refractivity contribution in [2.45, 2.75) is 25.9 Å². The lowest BCUT2D eigenvalue weighted by Crippen LogP contribution is -2.32. The van der Waals surface area contributed by atoms with E-state index in [0.717, 1.165) is 6.42 Å². The SMILES string of the molecule is COC(C)(C)CCOCC(=O)NCCN. The third kappa shape index (κ3) is 8.35. The summed E-state index contributed by atoms with van der Waals surface area (Å²) in [6.07, 6.45) is 0.758. The average Bonchev–Trinajstić information content (AvgIpc) is 2.21. The summed E-state index contributed by atoms with van der Waals surface area (Å²) >= 11 is 0. The summed E-state index contributed by atoms with van der Waals surface area (Å²) in [4.78, 5) is 11.1. The molecule has 5 heteroatoms. The van der Waals surface area contributed by atoms with Crippen molar-refractivity contribution in [2.24, 2.45) is 5.73 Å². The lowest BCUT2D eigenvalue weighted by molar-refractivity contribution is -0.126. The summed E-state index contributed by atoms with van der Waals surface area (Å²) in [7, 11) is 1.66. The molecule has 0 fully saturated rings. The Morgan fingerprint density at radius 2 is 2.13 bits per heavy atom. The molecule has 0 unspecified atom stereocenters. The second-order valence-electron chi connectivity index (χ2n) is 3.91. The van der Waals surface area contributed by atoms with Crippen LogP contribution in [0.15, 0.2) is 0 Å². The van der Waals surface area contributed by atoms with Crippen molar-refractivity contribution in [1.29, 1.82) is 0 Å². The Morgan fingerprint density at radius 1 is 1.47 bits per heavy atom. The molecule has 0 bridgehead atoms. The van der Waals surface area contributed by atoms with Crippen LogP contribution in [0.4, 0.5) is 0 Å². The first kappa shape index (κ1) is 14.3. The molecule has 1 amide bonds. The Balaban J connectivity index is 3.42. The molecular weight excluding hydrogens is 196 g/mol. The Morgan fingerprint density at radius 3 is 2.67 bits per heavy atom. The standard InChI is InChI=1S/C10H22N2O3/c1-10(2,14-3)4-7-15-8-9(13)12-6-5-11/h4-8,11H2,1-3H3,(H,12,13). The zero-order valence-corrected chi connectivity index (χ0v) is 9.84. The fourth-order valence-corrected chi connectivity index (χ4v) is 0.848. The molecule has 0 spiro atoms. The van der Waals surface area contributed by atoms with Gasteiger partial charge in [0.15, 0.2) is 0 Å². The van der Waals surface area contributed by atoms with Gasteiger partial charge in [-0.3, -0.25) is 4.79 Å². The maximum atomic E-state index is 11.1. The Labute approximate surface area is 91.3 Å². The second kappa shape index (κ2) is 7.62. The normalized spacial score (nSPS) is 11.5. The van der Waals surface area contributed by atoms with Crippen molar-refractivity contribution >= 4 is 5.91 Å². The summed E-state index contributed by atoms with van der Waals surface area (Å²) < 4.78 is 10.4. The van der Waals surface area contributed by atoms with E-state index in [9.17, 15) is 4.79 Å². The van der Waals surface area contributed by atoms with Gasteiger partial charge in [-0.25, -0.2) is 0 Å². The van der Waals surface area contributed by atoms with Gasteiger partial charge in [0.2, 0.25) is 5.91 Å². The Hall–Kier alpha value is -0.650. The third-order valence-electron chi connectivity index (χ3n) is 2.10. The van der Waals surface area contributed by atoms with Gasteiger partial charge in [0, 0.05) is 26.8 Å². The molecule has 0 aromatic rings. The topological polar surface area (TPSA) is 73.6 Å². The van der Waals surface area contributed by atoms with Gasteiger partial charge in [0.1, 0.15) is 6.61 Å². The van der Waals surface area contributed by atoms with Gasteiger partial charge in [-0.15, -0.1) is 0 Å². The van der Waals surface area contributed by atoms with Crippen LogP contribution in [-0.2, 0) is 14.3 Å². The molecule has 5 nitrogen and oxygen atoms in total. The fourth-order valence-electron chi connectivity index (χ4n) is 0.848. The lowest BCUT2D eigenvalue weighted by Gasteiger charge is -2.22. The number of nitrogens with two attached hydrogens (primary N) is 1. The molecule has 0 aromatic carbocycles. The lowest BCUT2D eigenvalue weighted by atomic mass is 10.1. The Kier molecular flexibility index (Phi) is 7.29. The van der Waals surface area contributed by atoms with Crippen LogP contribution in [0.2, 0.25) is 0 Å². The number of methoxy groups -OCH3 is 1. The van der Waals surface area contributed by atoms with Crippen LogP contribution in [0.25, 0.3) is 0 Å². The van der Waals surface area contributed by atoms with Gasteiger partial charge in [-0.05, 0) is 20.3 Å². The van der Waals surface area contributed by atoms with E-state index < -0.39 is 0 Å². The van der Waals surface area contributed by atoms with Crippen molar-refractivity contribution in [3.8, 4) is 0 Å². The summed E-state index contributed by atoms with van der Waals surface area (Å²) in [5.74, 6) is -0.129. The molecule has 0 aliphatic carbocycles. The zero-order chi connectivity index (χ0) is 11.7. The minimum Gasteiger partial charge on any atom is -0.379 e. The molecule has 3 N–H and O–H groups in total. The predicted molar refractivity (Wildman–Crippen MR) is 58.6 cm³/mol. The molecule has 0 aromatic heterocycles. The molecule has 0 aliphatic rings. The van der Waals surface area contributed by atoms with Crippen LogP contribution >= 0.6 is 0 Å². The smallest absolute Gasteiger partial charge is 0.246 e. The van der Waals surface area contributed by atoms with Crippen LogP contribution in [0.3, 0.4) is 0 Å². The number of hydrogen-bond donors (Lipinski definition) is 2. The molecule has 0 atom stereocenters. The van der Waals surface area contributed by atoms with Crippen molar-refractivity contribution in [2.75, 3.05) is 33.4 Å². The quantitative estimate of drug-likeness (QED) is 0.558. The summed E-state index contributed by atoms with van der Waals surface area (Å²) in [5.41, 5.74) is 5.03. The van der Waals surface area contributed by atoms with Crippen LogP contribution in [0, 0.1) is 0 Å². The van der Waals surface area contributed by atoms with E-state index in [1.165, 1.54) is 0 Å². The van der Waals surface area contributed by atoms with Crippen LogP contribution in [0.5, 0.6) is 0 Å². The van der Waals surface area contributed by atoms with Crippen molar-refractivity contribution < 1.29 is 14.3 Å². The number of ether oxygens (including phenoxy) is 2.